The molecule has 2 N–H and O–H groups in total. The summed E-state index contributed by atoms with van der Waals surface area (Å²) in [6.07, 6.45) is 7.83. The largest absolute Gasteiger partial charge is 0.503 e. The molecule has 64 heavy (non-hydrogen) atoms. The smallest absolute Gasteiger partial charge is 0.255 e. The molecular weight excluding hydrogens is 821 g/mol. The van der Waals surface area contributed by atoms with Gasteiger partial charge in [0.1, 0.15) is 17.6 Å². The highest BCUT2D eigenvalue weighted by molar-refractivity contribution is 6.08. The summed E-state index contributed by atoms with van der Waals surface area (Å²) in [5, 5.41) is 13.0. The highest BCUT2D eigenvalue weighted by Crippen LogP contribution is 2.62. The molecule has 0 radical (unpaired) electrons. The van der Waals surface area contributed by atoms with Gasteiger partial charge in [-0.3, -0.25) is 29.4 Å². The predicted molar refractivity (Wildman–Crippen MR) is 237 cm³/mol. The molecule has 15 heteroatoms. The maximum Gasteiger partial charge on any atom is 0.255 e. The number of piperazine rings is 1. The minimum atomic E-state index is -0.806. The van der Waals surface area contributed by atoms with Crippen molar-refractivity contribution >= 4 is 40.7 Å². The lowest BCUT2D eigenvalue weighted by Crippen LogP contribution is -2.62. The Morgan fingerprint density at radius 1 is 0.766 bits per heavy atom. The maximum atomic E-state index is 16.3. The average molecular weight is 880 g/mol. The van der Waals surface area contributed by atoms with Crippen LogP contribution in [0.1, 0.15) is 91.7 Å². The lowest BCUT2D eigenvalue weighted by atomic mass is 9.66. The Hall–Kier alpha value is -5.28. The van der Waals surface area contributed by atoms with E-state index in [2.05, 4.69) is 31.0 Å². The number of phenolic OH excluding ortho intramolecular Hbond substituents is 1. The van der Waals surface area contributed by atoms with Crippen LogP contribution in [0.5, 0.6) is 11.5 Å². The quantitative estimate of drug-likeness (QED) is 0.190. The zero-order chi connectivity index (χ0) is 44.3. The molecule has 3 aromatic rings. The van der Waals surface area contributed by atoms with Crippen molar-refractivity contribution in [2.75, 3.05) is 87.3 Å². The summed E-state index contributed by atoms with van der Waals surface area (Å²) >= 11 is 0. The fourth-order valence-electron chi connectivity index (χ4n) is 12.1. The molecule has 0 aromatic heterocycles. The molecule has 2 atom stereocenters. The van der Waals surface area contributed by atoms with Crippen molar-refractivity contribution in [2.24, 2.45) is 17.3 Å². The van der Waals surface area contributed by atoms with Crippen molar-refractivity contribution < 1.29 is 37.8 Å². The van der Waals surface area contributed by atoms with Gasteiger partial charge in [-0.1, -0.05) is 18.9 Å². The monoisotopic (exact) mass is 879 g/mol. The molecule has 1 saturated carbocycles. The molecule has 340 valence electrons. The summed E-state index contributed by atoms with van der Waals surface area (Å²) in [7, 11) is 1.56. The van der Waals surface area contributed by atoms with Crippen molar-refractivity contribution in [3.05, 3.63) is 76.9 Å². The van der Waals surface area contributed by atoms with Gasteiger partial charge in [0, 0.05) is 101 Å². The number of nitrogens with zero attached hydrogens (tertiary/aromatic N) is 6. The van der Waals surface area contributed by atoms with Gasteiger partial charge in [0.05, 0.1) is 29.9 Å². The van der Waals surface area contributed by atoms with Crippen LogP contribution < -0.4 is 24.8 Å². The summed E-state index contributed by atoms with van der Waals surface area (Å²) < 4.78 is 36.7. The molecule has 7 aliphatic rings. The number of imide groups is 1. The first kappa shape index (κ1) is 42.7. The second kappa shape index (κ2) is 17.3. The summed E-state index contributed by atoms with van der Waals surface area (Å²) in [6.45, 7) is 10.2. The lowest BCUT2D eigenvalue weighted by molar-refractivity contribution is -0.140. The minimum Gasteiger partial charge on any atom is -0.503 e. The van der Waals surface area contributed by atoms with Crippen LogP contribution in [0.4, 0.5) is 25.8 Å². The molecule has 6 fully saturated rings. The number of halogens is 2. The Labute approximate surface area is 373 Å². The SMILES string of the molecule is COc1cc(N2CCC(CN3CCN(CC4CCN(c5ccc6c(c5)CN(C5CCC(=O)NC5=O)C6=O)CC4)CC3)CC2)c(F)cc1[C@@H]1N(c2cccc(F)c2O)C(=O)C12CCCC2. The van der Waals surface area contributed by atoms with Crippen LogP contribution in [-0.2, 0) is 20.9 Å². The van der Waals surface area contributed by atoms with Crippen LogP contribution in [0, 0.1) is 28.9 Å². The number of hydrogen-bond acceptors (Lipinski definition) is 10. The third-order valence-corrected chi connectivity index (χ3v) is 15.7. The Morgan fingerprint density at radius 3 is 2.06 bits per heavy atom. The second-order valence-corrected chi connectivity index (χ2v) is 19.3. The van der Waals surface area contributed by atoms with E-state index in [9.17, 15) is 28.7 Å². The highest BCUT2D eigenvalue weighted by atomic mass is 19.1. The molecular formula is C49H59F2N7O6. The van der Waals surface area contributed by atoms with Gasteiger partial charge >= 0.3 is 0 Å². The van der Waals surface area contributed by atoms with E-state index < -0.39 is 29.1 Å². The molecule has 1 aliphatic carbocycles. The van der Waals surface area contributed by atoms with Gasteiger partial charge < -0.3 is 34.3 Å². The first-order valence-corrected chi connectivity index (χ1v) is 23.4. The number of methoxy groups -OCH3 is 1. The Kier molecular flexibility index (Phi) is 11.5. The average Bonchev–Trinajstić information content (AvgIpc) is 3.94. The molecule has 5 saturated heterocycles. The van der Waals surface area contributed by atoms with Gasteiger partial charge in [0.15, 0.2) is 11.6 Å². The molecule has 4 amide bonds. The van der Waals surface area contributed by atoms with Gasteiger partial charge in [0.2, 0.25) is 17.7 Å². The fraction of sp³-hybridized carbons (Fsp3) is 0.551. The molecule has 0 bridgehead atoms. The highest BCUT2D eigenvalue weighted by Gasteiger charge is 2.63. The number of benzene rings is 3. The Bertz CT molecular complexity index is 2320. The first-order valence-electron chi connectivity index (χ1n) is 23.4. The number of carbonyl (C=O) groups excluding carboxylic acids is 4. The number of aromatic hydroxyl groups is 1. The lowest BCUT2D eigenvalue weighted by Gasteiger charge is -2.55. The van der Waals surface area contributed by atoms with Crippen LogP contribution in [-0.4, -0.2) is 122 Å². The van der Waals surface area contributed by atoms with E-state index in [1.54, 1.807) is 18.1 Å². The summed E-state index contributed by atoms with van der Waals surface area (Å²) in [5.74, 6) is -1.06. The van der Waals surface area contributed by atoms with Crippen molar-refractivity contribution in [3.8, 4) is 11.5 Å². The number of carbonyl (C=O) groups is 4. The summed E-state index contributed by atoms with van der Waals surface area (Å²) in [4.78, 5) is 63.9. The van der Waals surface area contributed by atoms with Gasteiger partial charge in [0.25, 0.3) is 5.91 Å². The van der Waals surface area contributed by atoms with E-state index in [1.807, 2.05) is 12.1 Å². The zero-order valence-electron chi connectivity index (χ0n) is 36.7. The number of rotatable bonds is 10. The van der Waals surface area contributed by atoms with E-state index in [-0.39, 0.29) is 41.6 Å². The van der Waals surface area contributed by atoms with Crippen LogP contribution in [0.15, 0.2) is 48.5 Å². The second-order valence-electron chi connectivity index (χ2n) is 19.3. The Morgan fingerprint density at radius 2 is 1.42 bits per heavy atom. The normalized spacial score (nSPS) is 24.7. The van der Waals surface area contributed by atoms with E-state index >= 15 is 4.39 Å². The van der Waals surface area contributed by atoms with E-state index in [0.717, 1.165) is 121 Å². The van der Waals surface area contributed by atoms with Crippen molar-refractivity contribution in [3.63, 3.8) is 0 Å². The number of para-hydroxylation sites is 1. The van der Waals surface area contributed by atoms with Crippen LogP contribution >= 0.6 is 0 Å². The van der Waals surface area contributed by atoms with Gasteiger partial charge in [-0.25, -0.2) is 8.78 Å². The topological polar surface area (TPSA) is 129 Å². The number of β-lactam (4-membered cyclic amide) rings is 1. The minimum absolute atomic E-state index is 0.0949. The number of ether oxygens (including phenoxy) is 1. The molecule has 6 aliphatic heterocycles. The number of nitrogens with one attached hydrogen (secondary N) is 1. The van der Waals surface area contributed by atoms with Crippen LogP contribution in [0.2, 0.25) is 0 Å². The van der Waals surface area contributed by atoms with E-state index in [4.69, 9.17) is 4.74 Å². The number of anilines is 3. The third-order valence-electron chi connectivity index (χ3n) is 15.7. The van der Waals surface area contributed by atoms with Crippen molar-refractivity contribution in [2.45, 2.75) is 82.8 Å². The molecule has 6 heterocycles. The van der Waals surface area contributed by atoms with Crippen LogP contribution in [0.3, 0.4) is 0 Å². The number of amides is 4. The van der Waals surface area contributed by atoms with Crippen molar-refractivity contribution in [1.82, 2.24) is 20.0 Å². The molecule has 10 rings (SSSR count). The molecule has 13 nitrogen and oxygen atoms in total. The third kappa shape index (κ3) is 7.65. The molecule has 1 unspecified atom stereocenters. The number of fused-ring (bicyclic) bond motifs is 1. The molecule has 1 spiro atoms. The van der Waals surface area contributed by atoms with E-state index in [1.165, 1.54) is 23.1 Å². The number of phenols is 1. The molecule has 3 aromatic carbocycles. The van der Waals surface area contributed by atoms with Crippen molar-refractivity contribution in [1.29, 1.82) is 0 Å². The van der Waals surface area contributed by atoms with Gasteiger partial charge in [-0.05, 0) is 98.7 Å². The van der Waals surface area contributed by atoms with Gasteiger partial charge in [-0.15, -0.1) is 0 Å². The number of piperidine rings is 3. The first-order chi connectivity index (χ1) is 31.0. The summed E-state index contributed by atoms with van der Waals surface area (Å²) in [5.41, 5.74) is 3.11. The van der Waals surface area contributed by atoms with Gasteiger partial charge in [-0.2, -0.15) is 0 Å². The standard InChI is InChI=1S/C49H59F2N7O6/c1-64-42-27-41(38(51)26-36(42)45-49(15-2-3-16-49)48(63)58(45)39-6-4-5-37(50)44(39)60)56-19-13-32(14-20-56)29-54-23-21-53(22-24-54)28-31-11-17-55(18-12-31)34-7-8-35-33(25-34)30-57(47(35)62)40-9-10-43(59)52-46(40)61/h4-8,25-27,31-32,40,45,60H,2-3,9-24,28-30H2,1H3,(H,52,59,61)/t40?,45-/m0/s1. The fourth-order valence-corrected chi connectivity index (χ4v) is 12.1. The van der Waals surface area contributed by atoms with E-state index in [0.29, 0.717) is 60.2 Å². The summed E-state index contributed by atoms with van der Waals surface area (Å²) in [6, 6.07) is 12.3. The maximum absolute atomic E-state index is 16.3. The zero-order valence-corrected chi connectivity index (χ0v) is 36.7. The Balaban J connectivity index is 0.689. The number of hydrogen-bond donors (Lipinski definition) is 2. The predicted octanol–water partition coefficient (Wildman–Crippen LogP) is 5.84. The van der Waals surface area contributed by atoms with Crippen LogP contribution in [0.25, 0.3) is 0 Å².